The van der Waals surface area contributed by atoms with Gasteiger partial charge in [-0.3, -0.25) is 9.59 Å². The Hall–Kier alpha value is -2.82. The number of ether oxygens (including phenoxy) is 1. The Labute approximate surface area is 173 Å². The lowest BCUT2D eigenvalue weighted by Gasteiger charge is -2.29. The Kier molecular flexibility index (Phi) is 7.28. The molecule has 5 heteroatoms. The summed E-state index contributed by atoms with van der Waals surface area (Å²) in [5.41, 5.74) is 2.15. The maximum Gasteiger partial charge on any atom is 0.261 e. The van der Waals surface area contributed by atoms with Crippen molar-refractivity contribution >= 4 is 11.8 Å². The van der Waals surface area contributed by atoms with Crippen LogP contribution in [0.25, 0.3) is 0 Å². The number of rotatable bonds is 8. The molecule has 0 heterocycles. The lowest BCUT2D eigenvalue weighted by molar-refractivity contribution is -0.142. The summed E-state index contributed by atoms with van der Waals surface area (Å²) in [5.74, 6) is 0.333. The van der Waals surface area contributed by atoms with Crippen LogP contribution >= 0.6 is 0 Å². The van der Waals surface area contributed by atoms with Crippen LogP contribution in [0.2, 0.25) is 0 Å². The molecule has 0 aromatic heterocycles. The molecule has 1 fully saturated rings. The number of nitrogens with one attached hydrogen (secondary N) is 1. The number of hydrogen-bond acceptors (Lipinski definition) is 3. The number of carbonyl (C=O) groups excluding carboxylic acids is 2. The van der Waals surface area contributed by atoms with Gasteiger partial charge in [-0.1, -0.05) is 60.9 Å². The Balaban J connectivity index is 1.69. The monoisotopic (exact) mass is 394 g/mol. The fraction of sp³-hybridized carbons (Fsp3) is 0.417. The second kappa shape index (κ2) is 10.1. The highest BCUT2D eigenvalue weighted by atomic mass is 16.5. The van der Waals surface area contributed by atoms with Gasteiger partial charge in [0.25, 0.3) is 5.91 Å². The van der Waals surface area contributed by atoms with Gasteiger partial charge >= 0.3 is 0 Å². The number of carbonyl (C=O) groups is 2. The molecule has 2 amide bonds. The van der Waals surface area contributed by atoms with Gasteiger partial charge in [0, 0.05) is 12.6 Å². The third-order valence-corrected chi connectivity index (χ3v) is 5.45. The summed E-state index contributed by atoms with van der Waals surface area (Å²) < 4.78 is 5.65. The van der Waals surface area contributed by atoms with Crippen molar-refractivity contribution in [2.75, 3.05) is 6.61 Å². The average molecular weight is 395 g/mol. The van der Waals surface area contributed by atoms with Crippen LogP contribution < -0.4 is 10.1 Å². The standard InChI is InChI=1S/C24H30N2O3/c1-18-12-14-20(15-13-18)16-26(19(2)24(28)25-21-8-6-7-9-21)23(27)17-29-22-10-4-3-5-11-22/h3-5,10-15,19,21H,6-9,16-17H2,1-2H3,(H,25,28). The van der Waals surface area contributed by atoms with Crippen molar-refractivity contribution in [2.24, 2.45) is 0 Å². The topological polar surface area (TPSA) is 58.6 Å². The molecule has 5 nitrogen and oxygen atoms in total. The minimum atomic E-state index is -0.566. The van der Waals surface area contributed by atoms with E-state index >= 15 is 0 Å². The summed E-state index contributed by atoms with van der Waals surface area (Å²) in [4.78, 5) is 27.4. The number of nitrogens with zero attached hydrogens (tertiary/aromatic N) is 1. The molecule has 1 aliphatic rings. The molecule has 0 aliphatic heterocycles. The number of hydrogen-bond donors (Lipinski definition) is 1. The van der Waals surface area contributed by atoms with Crippen LogP contribution in [0, 0.1) is 6.92 Å². The molecule has 1 unspecified atom stereocenters. The molecule has 0 saturated heterocycles. The van der Waals surface area contributed by atoms with E-state index in [1.54, 1.807) is 11.8 Å². The molecule has 1 aliphatic carbocycles. The molecule has 3 rings (SSSR count). The summed E-state index contributed by atoms with van der Waals surface area (Å²) in [5, 5.41) is 3.11. The van der Waals surface area contributed by atoms with Crippen LogP contribution in [-0.2, 0) is 16.1 Å². The van der Waals surface area contributed by atoms with E-state index in [0.29, 0.717) is 12.3 Å². The zero-order valence-corrected chi connectivity index (χ0v) is 17.3. The number of aryl methyl sites for hydroxylation is 1. The molecule has 154 valence electrons. The molecular weight excluding hydrogens is 364 g/mol. The molecule has 2 aromatic rings. The van der Waals surface area contributed by atoms with Gasteiger partial charge in [-0.25, -0.2) is 0 Å². The first kappa shape index (κ1) is 20.9. The van der Waals surface area contributed by atoms with E-state index in [2.05, 4.69) is 5.32 Å². The van der Waals surface area contributed by atoms with Gasteiger partial charge in [-0.15, -0.1) is 0 Å². The summed E-state index contributed by atoms with van der Waals surface area (Å²) in [6, 6.07) is 16.9. The molecular formula is C24H30N2O3. The van der Waals surface area contributed by atoms with Crippen LogP contribution in [-0.4, -0.2) is 35.4 Å². The van der Waals surface area contributed by atoms with Crippen LogP contribution in [0.15, 0.2) is 54.6 Å². The maximum atomic E-state index is 13.0. The Bertz CT molecular complexity index is 799. The summed E-state index contributed by atoms with van der Waals surface area (Å²) in [6.45, 7) is 4.09. The van der Waals surface area contributed by atoms with Crippen LogP contribution in [0.3, 0.4) is 0 Å². The van der Waals surface area contributed by atoms with Crippen molar-refractivity contribution < 1.29 is 14.3 Å². The Morgan fingerprint density at radius 2 is 1.72 bits per heavy atom. The van der Waals surface area contributed by atoms with Crippen molar-refractivity contribution in [3.63, 3.8) is 0 Å². The van der Waals surface area contributed by atoms with Crippen molar-refractivity contribution in [3.8, 4) is 5.75 Å². The first-order valence-corrected chi connectivity index (χ1v) is 10.4. The predicted octanol–water partition coefficient (Wildman–Crippen LogP) is 3.85. The molecule has 29 heavy (non-hydrogen) atoms. The van der Waals surface area contributed by atoms with Gasteiger partial charge in [0.05, 0.1) is 0 Å². The van der Waals surface area contributed by atoms with E-state index in [-0.39, 0.29) is 24.5 Å². The van der Waals surface area contributed by atoms with Crippen molar-refractivity contribution in [1.29, 1.82) is 0 Å². The second-order valence-electron chi connectivity index (χ2n) is 7.77. The summed E-state index contributed by atoms with van der Waals surface area (Å²) >= 11 is 0. The highest BCUT2D eigenvalue weighted by Crippen LogP contribution is 2.19. The minimum Gasteiger partial charge on any atom is -0.484 e. The van der Waals surface area contributed by atoms with E-state index in [0.717, 1.165) is 36.8 Å². The van der Waals surface area contributed by atoms with E-state index in [4.69, 9.17) is 4.74 Å². The first-order chi connectivity index (χ1) is 14.0. The summed E-state index contributed by atoms with van der Waals surface area (Å²) in [6.07, 6.45) is 4.33. The van der Waals surface area contributed by atoms with E-state index in [1.165, 1.54) is 0 Å². The largest absolute Gasteiger partial charge is 0.484 e. The van der Waals surface area contributed by atoms with Gasteiger partial charge in [0.1, 0.15) is 11.8 Å². The lowest BCUT2D eigenvalue weighted by atomic mass is 10.1. The van der Waals surface area contributed by atoms with E-state index in [9.17, 15) is 9.59 Å². The molecule has 1 saturated carbocycles. The van der Waals surface area contributed by atoms with Crippen molar-refractivity contribution in [2.45, 2.75) is 58.2 Å². The molecule has 0 bridgehead atoms. The highest BCUT2D eigenvalue weighted by molar-refractivity contribution is 5.88. The summed E-state index contributed by atoms with van der Waals surface area (Å²) in [7, 11) is 0. The third kappa shape index (κ3) is 6.08. The van der Waals surface area contributed by atoms with Gasteiger partial charge < -0.3 is 15.0 Å². The van der Waals surface area contributed by atoms with Gasteiger partial charge in [0.15, 0.2) is 6.61 Å². The Morgan fingerprint density at radius 1 is 1.07 bits per heavy atom. The van der Waals surface area contributed by atoms with Crippen LogP contribution in [0.4, 0.5) is 0 Å². The average Bonchev–Trinajstić information content (AvgIpc) is 3.25. The number of amides is 2. The fourth-order valence-corrected chi connectivity index (χ4v) is 3.61. The third-order valence-electron chi connectivity index (χ3n) is 5.45. The SMILES string of the molecule is Cc1ccc(CN(C(=O)COc2ccccc2)C(C)C(=O)NC2CCCC2)cc1. The minimum absolute atomic E-state index is 0.0999. The number of benzene rings is 2. The van der Waals surface area contributed by atoms with Crippen LogP contribution in [0.5, 0.6) is 5.75 Å². The van der Waals surface area contributed by atoms with Crippen molar-refractivity contribution in [1.82, 2.24) is 10.2 Å². The molecule has 0 spiro atoms. The molecule has 2 aromatic carbocycles. The molecule has 0 radical (unpaired) electrons. The van der Waals surface area contributed by atoms with Gasteiger partial charge in [-0.2, -0.15) is 0 Å². The molecule has 1 N–H and O–H groups in total. The van der Waals surface area contributed by atoms with Gasteiger partial charge in [-0.05, 0) is 44.4 Å². The normalized spacial score (nSPS) is 15.0. The van der Waals surface area contributed by atoms with E-state index < -0.39 is 6.04 Å². The zero-order chi connectivity index (χ0) is 20.6. The highest BCUT2D eigenvalue weighted by Gasteiger charge is 2.28. The van der Waals surface area contributed by atoms with Crippen LogP contribution in [0.1, 0.15) is 43.7 Å². The number of para-hydroxylation sites is 1. The molecule has 1 atom stereocenters. The zero-order valence-electron chi connectivity index (χ0n) is 17.3. The lowest BCUT2D eigenvalue weighted by Crippen LogP contribution is -2.50. The van der Waals surface area contributed by atoms with E-state index in [1.807, 2.05) is 61.5 Å². The quantitative estimate of drug-likeness (QED) is 0.740. The second-order valence-corrected chi connectivity index (χ2v) is 7.77. The van der Waals surface area contributed by atoms with Gasteiger partial charge in [0.2, 0.25) is 5.91 Å². The fourth-order valence-electron chi connectivity index (χ4n) is 3.61. The smallest absolute Gasteiger partial charge is 0.261 e. The Morgan fingerprint density at radius 3 is 2.38 bits per heavy atom. The first-order valence-electron chi connectivity index (χ1n) is 10.4. The predicted molar refractivity (Wildman–Crippen MR) is 114 cm³/mol. The van der Waals surface area contributed by atoms with Crippen molar-refractivity contribution in [3.05, 3.63) is 65.7 Å². The maximum absolute atomic E-state index is 13.0.